The van der Waals surface area contributed by atoms with Crippen LogP contribution in [0.4, 0.5) is 0 Å². The first-order chi connectivity index (χ1) is 19.1. The van der Waals surface area contributed by atoms with Crippen molar-refractivity contribution in [1.29, 1.82) is 0 Å². The molecule has 0 amide bonds. The monoisotopic (exact) mass is 522 g/mol. The van der Waals surface area contributed by atoms with E-state index in [1.165, 1.54) is 33.8 Å². The highest BCUT2D eigenvalue weighted by molar-refractivity contribution is 5.80. The van der Waals surface area contributed by atoms with Crippen LogP contribution in [-0.2, 0) is 0 Å². The maximum atomic E-state index is 4.99. The zero-order valence-corrected chi connectivity index (χ0v) is 24.4. The molecular weight excluding hydrogens is 484 g/mol. The minimum atomic E-state index is -0.0552. The lowest BCUT2D eigenvalue weighted by Gasteiger charge is -2.39. The second kappa shape index (κ2) is 11.1. The Morgan fingerprint density at radius 2 is 1.35 bits per heavy atom. The van der Waals surface area contributed by atoms with Crippen LogP contribution in [0.1, 0.15) is 63.9 Å². The molecule has 0 spiro atoms. The molecule has 0 N–H and O–H groups in total. The Morgan fingerprint density at radius 1 is 0.700 bits per heavy atom. The summed E-state index contributed by atoms with van der Waals surface area (Å²) in [5.74, 6) is 2.39. The molecule has 1 heterocycles. The number of rotatable bonds is 5. The molecule has 2 heteroatoms. The van der Waals surface area contributed by atoms with Gasteiger partial charge in [0.25, 0.3) is 0 Å². The molecule has 0 saturated carbocycles. The lowest BCUT2D eigenvalue weighted by atomic mass is 9.71. The van der Waals surface area contributed by atoms with Gasteiger partial charge in [-0.15, -0.1) is 65.1 Å². The van der Waals surface area contributed by atoms with Crippen molar-refractivity contribution in [1.82, 2.24) is 9.97 Å². The van der Waals surface area contributed by atoms with E-state index in [0.29, 0.717) is 0 Å². The largest absolute Gasteiger partial charge is 0.299 e. The summed E-state index contributed by atoms with van der Waals surface area (Å²) in [7, 11) is 0. The van der Waals surface area contributed by atoms with E-state index in [-0.39, 0.29) is 10.8 Å². The van der Waals surface area contributed by atoms with E-state index in [2.05, 4.69) is 151 Å². The Balaban J connectivity index is 1.57. The van der Waals surface area contributed by atoms with Crippen molar-refractivity contribution in [3.05, 3.63) is 161 Å². The zero-order valence-electron chi connectivity index (χ0n) is 24.4. The molecule has 5 rings (SSSR count). The summed E-state index contributed by atoms with van der Waals surface area (Å²) in [5.41, 5.74) is 8.87. The van der Waals surface area contributed by atoms with Crippen molar-refractivity contribution in [2.45, 2.75) is 41.5 Å². The molecule has 4 aromatic rings. The summed E-state index contributed by atoms with van der Waals surface area (Å²) < 4.78 is 0. The van der Waals surface area contributed by atoms with Gasteiger partial charge in [-0.05, 0) is 17.0 Å². The average Bonchev–Trinajstić information content (AvgIpc) is 2.94. The van der Waals surface area contributed by atoms with E-state index in [1.54, 1.807) is 0 Å². The van der Waals surface area contributed by atoms with Gasteiger partial charge in [-0.2, -0.15) is 0 Å². The first kappa shape index (κ1) is 27.3. The molecule has 0 fully saturated rings. The van der Waals surface area contributed by atoms with Gasteiger partial charge in [0.05, 0.1) is 0 Å². The van der Waals surface area contributed by atoms with Crippen LogP contribution >= 0.6 is 0 Å². The predicted octanol–water partition coefficient (Wildman–Crippen LogP) is 9.71. The maximum Gasteiger partial charge on any atom is 0.0468 e. The van der Waals surface area contributed by atoms with Crippen molar-refractivity contribution in [3.63, 3.8) is 0 Å². The number of hydrogen-bond donors (Lipinski definition) is 0. The van der Waals surface area contributed by atoms with Gasteiger partial charge in [-0.25, -0.2) is 0 Å². The molecule has 0 aliphatic heterocycles. The number of nitrogens with zero attached hydrogens (tertiary/aromatic N) is 2. The van der Waals surface area contributed by atoms with Crippen LogP contribution in [0.2, 0.25) is 0 Å². The van der Waals surface area contributed by atoms with Crippen LogP contribution in [0, 0.1) is 22.7 Å². The fourth-order valence-corrected chi connectivity index (χ4v) is 5.65. The summed E-state index contributed by atoms with van der Waals surface area (Å²) in [6, 6.07) is 29.9. The minimum Gasteiger partial charge on any atom is -0.299 e. The second-order valence-corrected chi connectivity index (χ2v) is 12.4. The fourth-order valence-electron chi connectivity index (χ4n) is 5.65. The molecule has 3 aromatic carbocycles. The maximum absolute atomic E-state index is 4.99. The summed E-state index contributed by atoms with van der Waals surface area (Å²) >= 11 is 0. The zero-order chi connectivity index (χ0) is 28.3. The second-order valence-electron chi connectivity index (χ2n) is 12.4. The van der Waals surface area contributed by atoms with Gasteiger partial charge >= 0.3 is 0 Å². The van der Waals surface area contributed by atoms with Gasteiger partial charge in [0, 0.05) is 17.6 Å². The Morgan fingerprint density at radius 3 is 1.98 bits per heavy atom. The van der Waals surface area contributed by atoms with Gasteiger partial charge in [0.2, 0.25) is 0 Å². The van der Waals surface area contributed by atoms with Gasteiger partial charge in [0.1, 0.15) is 0 Å². The van der Waals surface area contributed by atoms with Crippen LogP contribution < -0.4 is 0 Å². The summed E-state index contributed by atoms with van der Waals surface area (Å²) in [4.78, 5) is 9.99. The quantitative estimate of drug-likeness (QED) is 0.244. The minimum absolute atomic E-state index is 0.0552. The topological polar surface area (TPSA) is 25.8 Å². The number of benzene rings is 3. The highest BCUT2D eigenvalue weighted by Gasteiger charge is 2.25. The normalized spacial score (nSPS) is 14.8. The third-order valence-electron chi connectivity index (χ3n) is 7.22. The van der Waals surface area contributed by atoms with E-state index in [4.69, 9.17) is 9.97 Å². The van der Waals surface area contributed by atoms with E-state index < -0.39 is 0 Å². The molecule has 1 aliphatic carbocycles. The first-order valence-electron chi connectivity index (χ1n) is 14.0. The molecule has 40 heavy (non-hydrogen) atoms. The smallest absolute Gasteiger partial charge is 0.0468 e. The van der Waals surface area contributed by atoms with E-state index in [9.17, 15) is 0 Å². The number of hydrogen-bond acceptors (Lipinski definition) is 2. The van der Waals surface area contributed by atoms with E-state index in [1.807, 2.05) is 12.4 Å². The van der Waals surface area contributed by atoms with Crippen LogP contribution in [0.15, 0.2) is 127 Å². The molecule has 0 radical (unpaired) electrons. The average molecular weight is 523 g/mol. The van der Waals surface area contributed by atoms with Crippen molar-refractivity contribution in [2.75, 3.05) is 0 Å². The lowest BCUT2D eigenvalue weighted by molar-refractivity contribution is 0.463. The fraction of sp³-hybridized carbons (Fsp3) is 0.211. The van der Waals surface area contributed by atoms with Gasteiger partial charge in [0.15, 0.2) is 0 Å². The molecule has 2 nitrogen and oxygen atoms in total. The SMILES string of the molecule is CC(C)(C)/C(=C1/C=CC=C[C-]1c1cnc(-c2ccccc2[C-](c2ccccc2)C(C)(C)C)cn1)c1ccccc1. The molecule has 1 aromatic heterocycles. The molecule has 0 unspecified atom stereocenters. The number of aromatic nitrogens is 2. The highest BCUT2D eigenvalue weighted by atomic mass is 14.8. The molecule has 0 saturated heterocycles. The van der Waals surface area contributed by atoms with Crippen LogP contribution in [0.3, 0.4) is 0 Å². The van der Waals surface area contributed by atoms with Crippen molar-refractivity contribution in [2.24, 2.45) is 10.8 Å². The third kappa shape index (κ3) is 5.67. The Labute approximate surface area is 240 Å². The van der Waals surface area contributed by atoms with Crippen molar-refractivity contribution >= 4 is 5.57 Å². The van der Waals surface area contributed by atoms with Crippen LogP contribution in [0.25, 0.3) is 16.8 Å². The van der Waals surface area contributed by atoms with Crippen LogP contribution in [-0.4, -0.2) is 9.97 Å². The molecule has 1 aliphatic rings. The highest BCUT2D eigenvalue weighted by Crippen LogP contribution is 2.44. The summed E-state index contributed by atoms with van der Waals surface area (Å²) in [5, 5.41) is 0. The van der Waals surface area contributed by atoms with E-state index in [0.717, 1.165) is 22.9 Å². The van der Waals surface area contributed by atoms with Crippen molar-refractivity contribution < 1.29 is 0 Å². The van der Waals surface area contributed by atoms with Gasteiger partial charge in [-0.1, -0.05) is 131 Å². The summed E-state index contributed by atoms with van der Waals surface area (Å²) in [6.45, 7) is 13.6. The predicted molar refractivity (Wildman–Crippen MR) is 168 cm³/mol. The van der Waals surface area contributed by atoms with Gasteiger partial charge < -0.3 is 0 Å². The Hall–Kier alpha value is -4.30. The third-order valence-corrected chi connectivity index (χ3v) is 7.22. The van der Waals surface area contributed by atoms with E-state index >= 15 is 0 Å². The van der Waals surface area contributed by atoms with Crippen molar-refractivity contribution in [3.8, 4) is 11.3 Å². The molecule has 202 valence electrons. The molecule has 0 atom stereocenters. The standard InChI is InChI=1S/C38H38N2/c1-37(2,3)35(27-17-9-7-10-18-27)31-23-15-13-21-29(31)33-25-40-34(26-39-33)30-22-14-16-24-32(30)36(38(4,5)6)28-19-11-8-12-20-28/h7-26H,1-6H3/q-2/b35-31-. The molecular formula is C38H38N2-2. The summed E-state index contributed by atoms with van der Waals surface area (Å²) in [6.07, 6.45) is 12.4. The van der Waals surface area contributed by atoms with Crippen LogP contribution in [0.5, 0.6) is 0 Å². The number of allylic oxidation sites excluding steroid dienone is 6. The Kier molecular flexibility index (Phi) is 7.54. The Bertz CT molecular complexity index is 1530. The molecule has 0 bridgehead atoms. The first-order valence-corrected chi connectivity index (χ1v) is 14.0. The van der Waals surface area contributed by atoms with Gasteiger partial charge in [-0.3, -0.25) is 9.97 Å². The lowest BCUT2D eigenvalue weighted by Crippen LogP contribution is -2.21.